The first kappa shape index (κ1) is 19.2. The Bertz CT molecular complexity index is 1100. The number of carbonyl (C=O) groups is 1. The highest BCUT2D eigenvalue weighted by Gasteiger charge is 2.23. The Morgan fingerprint density at radius 3 is 2.72 bits per heavy atom. The standard InChI is InChI=1S/C21H25N5O3/c1-14-5-4-10-24(12-14)20(27)13-25-21(28)26-15(2)22-18(11-19(26)23-25)16-6-8-17(29-3)9-7-16/h6-9,11,14H,4-5,10,12-13H2,1-3H3. The molecule has 0 radical (unpaired) electrons. The number of ether oxygens (including phenoxy) is 1. The molecule has 2 aromatic heterocycles. The maximum atomic E-state index is 12.8. The molecule has 3 aromatic rings. The summed E-state index contributed by atoms with van der Waals surface area (Å²) in [5, 5.41) is 4.40. The molecule has 4 rings (SSSR count). The summed E-state index contributed by atoms with van der Waals surface area (Å²) in [5.74, 6) is 1.72. The minimum absolute atomic E-state index is 0.0510. The van der Waals surface area contributed by atoms with E-state index in [-0.39, 0.29) is 18.1 Å². The summed E-state index contributed by atoms with van der Waals surface area (Å²) >= 11 is 0. The van der Waals surface area contributed by atoms with Crippen LogP contribution < -0.4 is 10.4 Å². The lowest BCUT2D eigenvalue weighted by Gasteiger charge is -2.30. The van der Waals surface area contributed by atoms with Crippen molar-refractivity contribution >= 4 is 11.6 Å². The van der Waals surface area contributed by atoms with Crippen LogP contribution in [0.3, 0.4) is 0 Å². The Morgan fingerprint density at radius 1 is 1.28 bits per heavy atom. The van der Waals surface area contributed by atoms with Gasteiger partial charge < -0.3 is 9.64 Å². The van der Waals surface area contributed by atoms with Crippen LogP contribution >= 0.6 is 0 Å². The second-order valence-electron chi connectivity index (χ2n) is 7.64. The molecule has 29 heavy (non-hydrogen) atoms. The predicted molar refractivity (Wildman–Crippen MR) is 109 cm³/mol. The highest BCUT2D eigenvalue weighted by Crippen LogP contribution is 2.22. The fourth-order valence-electron chi connectivity index (χ4n) is 3.86. The number of aromatic nitrogens is 4. The Labute approximate surface area is 168 Å². The lowest BCUT2D eigenvalue weighted by atomic mass is 10.0. The van der Waals surface area contributed by atoms with Gasteiger partial charge in [0, 0.05) is 24.7 Å². The first-order valence-electron chi connectivity index (χ1n) is 9.85. The topological polar surface area (TPSA) is 81.7 Å². The molecule has 1 aliphatic rings. The number of nitrogens with zero attached hydrogens (tertiary/aromatic N) is 5. The van der Waals surface area contributed by atoms with E-state index in [0.717, 1.165) is 37.2 Å². The molecule has 8 heteroatoms. The molecule has 0 bridgehead atoms. The van der Waals surface area contributed by atoms with E-state index in [2.05, 4.69) is 17.0 Å². The van der Waals surface area contributed by atoms with E-state index in [1.54, 1.807) is 20.1 Å². The van der Waals surface area contributed by atoms with Crippen LogP contribution in [-0.2, 0) is 11.3 Å². The van der Waals surface area contributed by atoms with Gasteiger partial charge in [0.1, 0.15) is 18.1 Å². The smallest absolute Gasteiger partial charge is 0.352 e. The van der Waals surface area contributed by atoms with Crippen molar-refractivity contribution in [3.05, 3.63) is 46.6 Å². The molecule has 3 heterocycles. The summed E-state index contributed by atoms with van der Waals surface area (Å²) in [6.45, 7) is 5.34. The van der Waals surface area contributed by atoms with Gasteiger partial charge in [-0.05, 0) is 49.9 Å². The van der Waals surface area contributed by atoms with Gasteiger partial charge in [-0.25, -0.2) is 18.9 Å². The van der Waals surface area contributed by atoms with Crippen LogP contribution in [0.15, 0.2) is 35.1 Å². The average molecular weight is 395 g/mol. The lowest BCUT2D eigenvalue weighted by Crippen LogP contribution is -2.42. The molecule has 0 N–H and O–H groups in total. The van der Waals surface area contributed by atoms with Crippen molar-refractivity contribution < 1.29 is 9.53 Å². The SMILES string of the molecule is COc1ccc(-c2cc3nn(CC(=O)N4CCCC(C)C4)c(=O)n3c(C)n2)cc1. The van der Waals surface area contributed by atoms with Gasteiger partial charge in [0.05, 0.1) is 12.8 Å². The Morgan fingerprint density at radius 2 is 2.03 bits per heavy atom. The number of amides is 1. The average Bonchev–Trinajstić information content (AvgIpc) is 3.03. The molecule has 0 saturated carbocycles. The molecule has 0 spiro atoms. The van der Waals surface area contributed by atoms with E-state index in [0.29, 0.717) is 23.1 Å². The van der Waals surface area contributed by atoms with Gasteiger partial charge in [-0.15, -0.1) is 5.10 Å². The zero-order chi connectivity index (χ0) is 20.5. The maximum absolute atomic E-state index is 12.8. The van der Waals surface area contributed by atoms with Gasteiger partial charge in [0.25, 0.3) is 0 Å². The Balaban J connectivity index is 1.64. The van der Waals surface area contributed by atoms with Gasteiger partial charge in [-0.3, -0.25) is 4.79 Å². The molecule has 152 valence electrons. The third kappa shape index (κ3) is 3.74. The summed E-state index contributed by atoms with van der Waals surface area (Å²) < 4.78 is 7.88. The highest BCUT2D eigenvalue weighted by atomic mass is 16.5. The number of benzene rings is 1. The molecular weight excluding hydrogens is 370 g/mol. The van der Waals surface area contributed by atoms with Crippen molar-refractivity contribution in [2.45, 2.75) is 33.2 Å². The maximum Gasteiger partial charge on any atom is 0.352 e. The quantitative estimate of drug-likeness (QED) is 0.676. The van der Waals surface area contributed by atoms with Gasteiger partial charge >= 0.3 is 5.69 Å². The van der Waals surface area contributed by atoms with Crippen molar-refractivity contribution in [1.29, 1.82) is 0 Å². The molecule has 1 atom stereocenters. The van der Waals surface area contributed by atoms with E-state index in [1.165, 1.54) is 9.08 Å². The number of hydrogen-bond donors (Lipinski definition) is 0. The number of fused-ring (bicyclic) bond motifs is 1. The Hall–Kier alpha value is -3.16. The van der Waals surface area contributed by atoms with E-state index in [9.17, 15) is 9.59 Å². The largest absolute Gasteiger partial charge is 0.497 e. The number of aryl methyl sites for hydroxylation is 1. The van der Waals surface area contributed by atoms with Crippen molar-refractivity contribution in [3.8, 4) is 17.0 Å². The lowest BCUT2D eigenvalue weighted by molar-refractivity contribution is -0.133. The number of methoxy groups -OCH3 is 1. The summed E-state index contributed by atoms with van der Waals surface area (Å²) in [5.41, 5.74) is 1.75. The van der Waals surface area contributed by atoms with Gasteiger partial charge in [0.2, 0.25) is 5.91 Å². The predicted octanol–water partition coefficient (Wildman–Crippen LogP) is 2.13. The fraction of sp³-hybridized carbons (Fsp3) is 0.429. The van der Waals surface area contributed by atoms with E-state index in [4.69, 9.17) is 4.74 Å². The molecule has 1 unspecified atom stereocenters. The molecule has 1 amide bonds. The first-order valence-corrected chi connectivity index (χ1v) is 9.85. The second-order valence-corrected chi connectivity index (χ2v) is 7.64. The van der Waals surface area contributed by atoms with Gasteiger partial charge in [0.15, 0.2) is 5.65 Å². The van der Waals surface area contributed by atoms with Crippen LogP contribution in [0.25, 0.3) is 16.9 Å². The number of rotatable bonds is 4. The van der Waals surface area contributed by atoms with Gasteiger partial charge in [-0.2, -0.15) is 0 Å². The minimum atomic E-state index is -0.343. The summed E-state index contributed by atoms with van der Waals surface area (Å²) in [7, 11) is 1.62. The number of piperidine rings is 1. The summed E-state index contributed by atoms with van der Waals surface area (Å²) in [6, 6.07) is 9.31. The molecule has 1 saturated heterocycles. The highest BCUT2D eigenvalue weighted by molar-refractivity contribution is 5.76. The van der Waals surface area contributed by atoms with Gasteiger partial charge in [-0.1, -0.05) is 6.92 Å². The van der Waals surface area contributed by atoms with Crippen molar-refractivity contribution in [1.82, 2.24) is 24.1 Å². The van der Waals surface area contributed by atoms with Crippen LogP contribution in [0.2, 0.25) is 0 Å². The molecule has 1 fully saturated rings. The van der Waals surface area contributed by atoms with E-state index < -0.39 is 0 Å². The van der Waals surface area contributed by atoms with Crippen molar-refractivity contribution in [2.24, 2.45) is 5.92 Å². The monoisotopic (exact) mass is 395 g/mol. The van der Waals surface area contributed by atoms with Crippen LogP contribution in [-0.4, -0.2) is 50.2 Å². The van der Waals surface area contributed by atoms with Crippen molar-refractivity contribution in [2.75, 3.05) is 20.2 Å². The second kappa shape index (κ2) is 7.69. The number of likely N-dealkylation sites (tertiary alicyclic amines) is 1. The molecular formula is C21H25N5O3. The first-order chi connectivity index (χ1) is 14.0. The number of hydrogen-bond acceptors (Lipinski definition) is 5. The van der Waals surface area contributed by atoms with Crippen LogP contribution in [0.5, 0.6) is 5.75 Å². The third-order valence-corrected chi connectivity index (χ3v) is 5.42. The normalized spacial score (nSPS) is 16.9. The fourth-order valence-corrected chi connectivity index (χ4v) is 3.86. The van der Waals surface area contributed by atoms with E-state index in [1.807, 2.05) is 29.2 Å². The van der Waals surface area contributed by atoms with Crippen molar-refractivity contribution in [3.63, 3.8) is 0 Å². The number of carbonyl (C=O) groups excluding carboxylic acids is 1. The summed E-state index contributed by atoms with van der Waals surface area (Å²) in [6.07, 6.45) is 2.14. The molecule has 8 nitrogen and oxygen atoms in total. The molecule has 1 aliphatic heterocycles. The minimum Gasteiger partial charge on any atom is -0.497 e. The Kier molecular flexibility index (Phi) is 5.08. The third-order valence-electron chi connectivity index (χ3n) is 5.42. The van der Waals surface area contributed by atoms with E-state index >= 15 is 0 Å². The zero-order valence-corrected chi connectivity index (χ0v) is 17.0. The zero-order valence-electron chi connectivity index (χ0n) is 17.0. The van der Waals surface area contributed by atoms with Crippen LogP contribution in [0.4, 0.5) is 0 Å². The molecule has 1 aromatic carbocycles. The van der Waals surface area contributed by atoms with Crippen LogP contribution in [0, 0.1) is 12.8 Å². The van der Waals surface area contributed by atoms with Crippen LogP contribution in [0.1, 0.15) is 25.6 Å². The summed E-state index contributed by atoms with van der Waals surface area (Å²) in [4.78, 5) is 31.9. The molecule has 0 aliphatic carbocycles.